The Kier molecular flexibility index (Phi) is 5.13. The summed E-state index contributed by atoms with van der Waals surface area (Å²) in [7, 11) is 0. The van der Waals surface area contributed by atoms with Crippen molar-refractivity contribution in [1.29, 1.82) is 0 Å². The highest BCUT2D eigenvalue weighted by Crippen LogP contribution is 2.47. The molecule has 1 aromatic carbocycles. The van der Waals surface area contributed by atoms with Crippen molar-refractivity contribution in [3.05, 3.63) is 35.4 Å². The maximum Gasteiger partial charge on any atom is 0.231 e. The predicted molar refractivity (Wildman–Crippen MR) is 113 cm³/mol. The number of amides is 2. The fourth-order valence-corrected chi connectivity index (χ4v) is 5.15. The van der Waals surface area contributed by atoms with Gasteiger partial charge < -0.3 is 11.1 Å². The van der Waals surface area contributed by atoms with Crippen molar-refractivity contribution in [3.63, 3.8) is 0 Å². The van der Waals surface area contributed by atoms with Crippen LogP contribution in [0.25, 0.3) is 0 Å². The molecule has 0 bridgehead atoms. The minimum Gasteiger partial charge on any atom is -0.369 e. The molecule has 1 unspecified atom stereocenters. The first-order chi connectivity index (χ1) is 13.9. The van der Waals surface area contributed by atoms with Gasteiger partial charge in [0.15, 0.2) is 5.96 Å². The zero-order chi connectivity index (χ0) is 20.8. The van der Waals surface area contributed by atoms with Crippen molar-refractivity contribution >= 4 is 17.8 Å². The van der Waals surface area contributed by atoms with E-state index < -0.39 is 0 Å². The van der Waals surface area contributed by atoms with Gasteiger partial charge in [0.1, 0.15) is 0 Å². The molecule has 3 N–H and O–H groups in total. The third-order valence-corrected chi connectivity index (χ3v) is 7.43. The lowest BCUT2D eigenvalue weighted by atomic mass is 9.88. The summed E-state index contributed by atoms with van der Waals surface area (Å²) in [6, 6.07) is 8.43. The standard InChI is InChI=1S/C23H32N4O2/c1-4-23(5-2)12-19(28)27(22(24)26-23)13-17-14(3)20(17)21(29)25-18-11-10-15-8-6-7-9-16(15)18/h6-9,14,17-18,20H,4-5,10-13H2,1-3H3,(H2,24,26)(H,25,29)/t14?,17-,18+,20-/m1/s1. The van der Waals surface area contributed by atoms with Crippen LogP contribution in [-0.4, -0.2) is 34.8 Å². The number of nitrogens with zero attached hydrogens (tertiary/aromatic N) is 2. The van der Waals surface area contributed by atoms with E-state index in [1.54, 1.807) is 4.90 Å². The molecule has 0 radical (unpaired) electrons. The zero-order valence-electron chi connectivity index (χ0n) is 17.6. The van der Waals surface area contributed by atoms with Gasteiger partial charge in [-0.2, -0.15) is 0 Å². The number of hydrogen-bond acceptors (Lipinski definition) is 4. The molecule has 3 aliphatic rings. The number of benzene rings is 1. The van der Waals surface area contributed by atoms with E-state index >= 15 is 0 Å². The summed E-state index contributed by atoms with van der Waals surface area (Å²) in [4.78, 5) is 31.9. The van der Waals surface area contributed by atoms with Crippen LogP contribution >= 0.6 is 0 Å². The van der Waals surface area contributed by atoms with Crippen molar-refractivity contribution in [2.24, 2.45) is 28.5 Å². The van der Waals surface area contributed by atoms with Crippen LogP contribution in [-0.2, 0) is 16.0 Å². The van der Waals surface area contributed by atoms with Crippen molar-refractivity contribution in [2.75, 3.05) is 6.54 Å². The molecular weight excluding hydrogens is 364 g/mol. The monoisotopic (exact) mass is 396 g/mol. The van der Waals surface area contributed by atoms with Gasteiger partial charge in [0.25, 0.3) is 0 Å². The summed E-state index contributed by atoms with van der Waals surface area (Å²) in [5.41, 5.74) is 8.39. The van der Waals surface area contributed by atoms with E-state index in [0.29, 0.717) is 18.9 Å². The molecule has 2 aliphatic carbocycles. The Hall–Kier alpha value is -2.37. The SMILES string of the molecule is CCC1(CC)CC(=O)N(C[C@@H]2C(C)[C@H]2C(=O)N[C@H]2CCc3ccccc32)C(N)=N1. The zero-order valence-corrected chi connectivity index (χ0v) is 17.6. The number of nitrogens with two attached hydrogens (primary N) is 1. The van der Waals surface area contributed by atoms with E-state index in [1.807, 2.05) is 19.9 Å². The van der Waals surface area contributed by atoms with E-state index in [4.69, 9.17) is 5.73 Å². The first kappa shape index (κ1) is 19.9. The minimum absolute atomic E-state index is 0.0316. The Morgan fingerprint density at radius 3 is 2.72 bits per heavy atom. The summed E-state index contributed by atoms with van der Waals surface area (Å²) in [5, 5.41) is 3.24. The van der Waals surface area contributed by atoms with Crippen LogP contribution in [0.15, 0.2) is 29.3 Å². The van der Waals surface area contributed by atoms with Crippen LogP contribution in [0.4, 0.5) is 0 Å². The van der Waals surface area contributed by atoms with Gasteiger partial charge in [0.2, 0.25) is 11.8 Å². The molecule has 156 valence electrons. The molecule has 0 spiro atoms. The Bertz CT molecular complexity index is 845. The van der Waals surface area contributed by atoms with Crippen LogP contribution in [0.2, 0.25) is 0 Å². The van der Waals surface area contributed by atoms with Crippen molar-refractivity contribution in [1.82, 2.24) is 10.2 Å². The third-order valence-electron chi connectivity index (χ3n) is 7.43. The second-order valence-corrected chi connectivity index (χ2v) is 8.93. The molecule has 6 nitrogen and oxygen atoms in total. The predicted octanol–water partition coefficient (Wildman–Crippen LogP) is 2.78. The summed E-state index contributed by atoms with van der Waals surface area (Å²) < 4.78 is 0. The summed E-state index contributed by atoms with van der Waals surface area (Å²) in [6.07, 6.45) is 3.97. The van der Waals surface area contributed by atoms with Gasteiger partial charge in [0, 0.05) is 12.5 Å². The minimum atomic E-state index is -0.362. The number of aliphatic imine (C=N–C) groups is 1. The second kappa shape index (κ2) is 7.47. The molecule has 4 atom stereocenters. The lowest BCUT2D eigenvalue weighted by Gasteiger charge is -2.36. The largest absolute Gasteiger partial charge is 0.369 e. The lowest BCUT2D eigenvalue weighted by molar-refractivity contribution is -0.130. The van der Waals surface area contributed by atoms with Crippen LogP contribution < -0.4 is 11.1 Å². The molecule has 0 aromatic heterocycles. The first-order valence-corrected chi connectivity index (χ1v) is 10.9. The molecule has 1 heterocycles. The van der Waals surface area contributed by atoms with Crippen LogP contribution in [0.5, 0.6) is 0 Å². The van der Waals surface area contributed by atoms with E-state index in [2.05, 4.69) is 35.4 Å². The quantitative estimate of drug-likeness (QED) is 0.775. The number of nitrogens with one attached hydrogen (secondary N) is 1. The van der Waals surface area contributed by atoms with Gasteiger partial charge in [-0.05, 0) is 48.6 Å². The number of rotatable bonds is 6. The van der Waals surface area contributed by atoms with E-state index in [1.165, 1.54) is 11.1 Å². The Balaban J connectivity index is 1.39. The average Bonchev–Trinajstić information content (AvgIpc) is 3.18. The molecule has 1 saturated carbocycles. The maximum atomic E-state index is 12.9. The summed E-state index contributed by atoms with van der Waals surface area (Å²) >= 11 is 0. The second-order valence-electron chi connectivity index (χ2n) is 8.93. The average molecular weight is 397 g/mol. The van der Waals surface area contributed by atoms with Gasteiger partial charge in [0.05, 0.1) is 18.0 Å². The number of carbonyl (C=O) groups excluding carboxylic acids is 2. The fraction of sp³-hybridized carbons (Fsp3) is 0.609. The molecule has 1 fully saturated rings. The Morgan fingerprint density at radius 2 is 2.03 bits per heavy atom. The lowest BCUT2D eigenvalue weighted by Crippen LogP contribution is -2.52. The summed E-state index contributed by atoms with van der Waals surface area (Å²) in [6.45, 7) is 6.67. The highest BCUT2D eigenvalue weighted by molar-refractivity contribution is 5.99. The molecule has 6 heteroatoms. The van der Waals surface area contributed by atoms with Crippen LogP contribution in [0.3, 0.4) is 0 Å². The highest BCUT2D eigenvalue weighted by Gasteiger charge is 2.53. The smallest absolute Gasteiger partial charge is 0.231 e. The van der Waals surface area contributed by atoms with Crippen molar-refractivity contribution in [3.8, 4) is 0 Å². The Morgan fingerprint density at radius 1 is 1.31 bits per heavy atom. The van der Waals surface area contributed by atoms with Gasteiger partial charge >= 0.3 is 0 Å². The maximum absolute atomic E-state index is 12.9. The van der Waals surface area contributed by atoms with Crippen LogP contribution in [0, 0.1) is 17.8 Å². The normalized spacial score (nSPS) is 30.0. The fourth-order valence-electron chi connectivity index (χ4n) is 5.15. The van der Waals surface area contributed by atoms with Gasteiger partial charge in [-0.1, -0.05) is 45.0 Å². The Labute approximate surface area is 172 Å². The highest BCUT2D eigenvalue weighted by atomic mass is 16.2. The number of hydrogen-bond donors (Lipinski definition) is 2. The van der Waals surface area contributed by atoms with Gasteiger partial charge in [-0.15, -0.1) is 0 Å². The number of aryl methyl sites for hydroxylation is 1. The third kappa shape index (κ3) is 3.53. The first-order valence-electron chi connectivity index (χ1n) is 10.9. The molecule has 29 heavy (non-hydrogen) atoms. The topological polar surface area (TPSA) is 87.8 Å². The van der Waals surface area contributed by atoms with Gasteiger partial charge in [-0.3, -0.25) is 14.5 Å². The molecular formula is C23H32N4O2. The molecule has 2 amide bonds. The van der Waals surface area contributed by atoms with Gasteiger partial charge in [-0.25, -0.2) is 4.99 Å². The van der Waals surface area contributed by atoms with E-state index in [0.717, 1.165) is 25.7 Å². The molecule has 1 aromatic rings. The number of fused-ring (bicyclic) bond motifs is 1. The summed E-state index contributed by atoms with van der Waals surface area (Å²) in [5.74, 6) is 0.765. The number of guanidine groups is 1. The molecule has 0 saturated heterocycles. The van der Waals surface area contributed by atoms with E-state index in [-0.39, 0.29) is 41.1 Å². The van der Waals surface area contributed by atoms with Crippen molar-refractivity contribution in [2.45, 2.75) is 64.5 Å². The number of carbonyl (C=O) groups is 2. The molecule has 4 rings (SSSR count). The van der Waals surface area contributed by atoms with Crippen LogP contribution in [0.1, 0.15) is 63.6 Å². The van der Waals surface area contributed by atoms with Crippen molar-refractivity contribution < 1.29 is 9.59 Å². The van der Waals surface area contributed by atoms with E-state index in [9.17, 15) is 9.59 Å². The molecule has 1 aliphatic heterocycles.